The number of amides is 2. The van der Waals surface area contributed by atoms with Crippen LogP contribution in [0.5, 0.6) is 5.75 Å². The molecule has 10 heteroatoms. The summed E-state index contributed by atoms with van der Waals surface area (Å²) < 4.78 is 40.1. The van der Waals surface area contributed by atoms with Gasteiger partial charge >= 0.3 is 12.4 Å². The Morgan fingerprint density at radius 3 is 2.41 bits per heavy atom. The first-order chi connectivity index (χ1) is 12.7. The van der Waals surface area contributed by atoms with E-state index < -0.39 is 12.4 Å². The minimum absolute atomic E-state index is 0.272. The molecule has 0 radical (unpaired) electrons. The van der Waals surface area contributed by atoms with Crippen LogP contribution in [0.1, 0.15) is 12.5 Å². The molecule has 0 spiro atoms. The summed E-state index contributed by atoms with van der Waals surface area (Å²) in [6, 6.07) is 9.25. The lowest BCUT2D eigenvalue weighted by atomic mass is 10.1. The Balaban J connectivity index is 1.99. The first-order valence-electron chi connectivity index (χ1n) is 7.62. The minimum Gasteiger partial charge on any atom is -0.406 e. The molecule has 27 heavy (non-hydrogen) atoms. The van der Waals surface area contributed by atoms with Gasteiger partial charge in [0.05, 0.1) is 5.71 Å². The normalized spacial score (nSPS) is 11.7. The number of nitrogens with one attached hydrogen (secondary N) is 3. The fourth-order valence-electron chi connectivity index (χ4n) is 2.13. The Hall–Kier alpha value is -2.94. The Kier molecular flexibility index (Phi) is 6.51. The van der Waals surface area contributed by atoms with E-state index in [2.05, 4.69) is 25.9 Å². The quantitative estimate of drug-likeness (QED) is 0.497. The van der Waals surface area contributed by atoms with Gasteiger partial charge in [0.1, 0.15) is 5.75 Å². The molecule has 0 saturated heterocycles. The Morgan fingerprint density at radius 2 is 1.81 bits per heavy atom. The molecule has 6 nitrogen and oxygen atoms in total. The van der Waals surface area contributed by atoms with Crippen LogP contribution >= 0.6 is 11.6 Å². The molecule has 0 fully saturated rings. The molecule has 0 heterocycles. The lowest BCUT2D eigenvalue weighted by Crippen LogP contribution is -2.25. The Labute approximate surface area is 158 Å². The van der Waals surface area contributed by atoms with E-state index in [0.29, 0.717) is 16.3 Å². The molecule has 0 aliphatic heterocycles. The van der Waals surface area contributed by atoms with Gasteiger partial charge in [-0.1, -0.05) is 11.6 Å². The van der Waals surface area contributed by atoms with Crippen LogP contribution in [0.15, 0.2) is 47.6 Å². The molecule has 0 aliphatic rings. The number of ether oxygens (including phenoxy) is 1. The molecular weight excluding hydrogens is 385 g/mol. The molecule has 2 amide bonds. The van der Waals surface area contributed by atoms with E-state index in [9.17, 15) is 18.0 Å². The molecular formula is C17H16ClF3N4O2. The van der Waals surface area contributed by atoms with Crippen LogP contribution in [0.4, 0.5) is 29.3 Å². The maximum Gasteiger partial charge on any atom is 0.573 e. The zero-order valence-electron chi connectivity index (χ0n) is 14.3. The zero-order chi connectivity index (χ0) is 20.0. The number of benzene rings is 2. The Bertz CT molecular complexity index is 839. The smallest absolute Gasteiger partial charge is 0.406 e. The van der Waals surface area contributed by atoms with Crippen LogP contribution in [-0.2, 0) is 0 Å². The SMILES string of the molecule is CNc1ccc(Cl)cc1/C(C)=N\NC(=O)Nc1ccc(OC(F)(F)F)cc1. The van der Waals surface area contributed by atoms with Crippen molar-refractivity contribution < 1.29 is 22.7 Å². The van der Waals surface area contributed by atoms with E-state index >= 15 is 0 Å². The topological polar surface area (TPSA) is 74.8 Å². The number of nitrogens with zero attached hydrogens (tertiary/aromatic N) is 1. The lowest BCUT2D eigenvalue weighted by Gasteiger charge is -2.11. The number of anilines is 2. The number of hydrazone groups is 1. The van der Waals surface area contributed by atoms with E-state index in [-0.39, 0.29) is 11.4 Å². The van der Waals surface area contributed by atoms with Crippen molar-refractivity contribution in [3.63, 3.8) is 0 Å². The van der Waals surface area contributed by atoms with E-state index in [1.807, 2.05) is 0 Å². The lowest BCUT2D eigenvalue weighted by molar-refractivity contribution is -0.274. The summed E-state index contributed by atoms with van der Waals surface area (Å²) in [7, 11) is 1.74. The van der Waals surface area contributed by atoms with E-state index in [1.165, 1.54) is 12.1 Å². The summed E-state index contributed by atoms with van der Waals surface area (Å²) in [6.45, 7) is 1.69. The third-order valence-electron chi connectivity index (χ3n) is 3.31. The highest BCUT2D eigenvalue weighted by Crippen LogP contribution is 2.24. The number of halogens is 4. The fraction of sp³-hybridized carbons (Fsp3) is 0.176. The van der Waals surface area contributed by atoms with Gasteiger partial charge in [-0.3, -0.25) is 0 Å². The molecule has 2 aromatic carbocycles. The van der Waals surface area contributed by atoms with Gasteiger partial charge in [-0.05, 0) is 49.4 Å². The number of carbonyl (C=O) groups is 1. The van der Waals surface area contributed by atoms with Gasteiger partial charge in [-0.2, -0.15) is 5.10 Å². The number of carbonyl (C=O) groups excluding carboxylic acids is 1. The average Bonchev–Trinajstić information content (AvgIpc) is 2.60. The Morgan fingerprint density at radius 1 is 1.15 bits per heavy atom. The van der Waals surface area contributed by atoms with Crippen LogP contribution in [0.25, 0.3) is 0 Å². The van der Waals surface area contributed by atoms with Crippen LogP contribution in [0, 0.1) is 0 Å². The van der Waals surface area contributed by atoms with Gasteiger partial charge in [0.15, 0.2) is 0 Å². The van der Waals surface area contributed by atoms with Gasteiger partial charge in [-0.15, -0.1) is 13.2 Å². The first kappa shape index (κ1) is 20.4. The fourth-order valence-corrected chi connectivity index (χ4v) is 2.30. The van der Waals surface area contributed by atoms with Gasteiger partial charge in [0, 0.05) is 29.0 Å². The van der Waals surface area contributed by atoms with E-state index in [0.717, 1.165) is 17.8 Å². The predicted molar refractivity (Wildman–Crippen MR) is 98.5 cm³/mol. The highest BCUT2D eigenvalue weighted by atomic mass is 35.5. The van der Waals surface area contributed by atoms with Crippen molar-refractivity contribution >= 4 is 34.7 Å². The summed E-state index contributed by atoms with van der Waals surface area (Å²) in [4.78, 5) is 11.9. The van der Waals surface area contributed by atoms with Crippen molar-refractivity contribution in [1.29, 1.82) is 0 Å². The third kappa shape index (κ3) is 6.37. The number of hydrogen-bond donors (Lipinski definition) is 3. The van der Waals surface area contributed by atoms with Crippen LogP contribution < -0.4 is 20.8 Å². The molecule has 0 aliphatic carbocycles. The molecule has 0 atom stereocenters. The molecule has 3 N–H and O–H groups in total. The highest BCUT2D eigenvalue weighted by Gasteiger charge is 2.30. The van der Waals surface area contributed by atoms with Crippen LogP contribution in [0.3, 0.4) is 0 Å². The summed E-state index contributed by atoms with van der Waals surface area (Å²) in [5, 5.41) is 9.94. The van der Waals surface area contributed by atoms with Crippen molar-refractivity contribution in [1.82, 2.24) is 5.43 Å². The van der Waals surface area contributed by atoms with Gasteiger partial charge in [-0.25, -0.2) is 10.2 Å². The number of urea groups is 1. The van der Waals surface area contributed by atoms with E-state index in [4.69, 9.17) is 11.6 Å². The van der Waals surface area contributed by atoms with E-state index in [1.54, 1.807) is 32.2 Å². The van der Waals surface area contributed by atoms with Gasteiger partial charge in [0.2, 0.25) is 0 Å². The predicted octanol–water partition coefficient (Wildman–Crippen LogP) is 4.83. The standard InChI is InChI=1S/C17H16ClF3N4O2/c1-10(14-9-11(18)3-8-15(14)22-2)24-25-16(26)23-12-4-6-13(7-5-12)27-17(19,20)21/h3-9,22H,1-2H3,(H2,23,25,26)/b24-10-. The van der Waals surface area contributed by atoms with Crippen molar-refractivity contribution in [3.05, 3.63) is 53.1 Å². The molecule has 2 rings (SSSR count). The monoisotopic (exact) mass is 400 g/mol. The van der Waals surface area contributed by atoms with Crippen LogP contribution in [0.2, 0.25) is 5.02 Å². The molecule has 0 saturated carbocycles. The largest absolute Gasteiger partial charge is 0.573 e. The second-order valence-corrected chi connectivity index (χ2v) is 5.71. The molecule has 0 aromatic heterocycles. The van der Waals surface area contributed by atoms with Crippen molar-refractivity contribution in [3.8, 4) is 5.75 Å². The van der Waals surface area contributed by atoms with Gasteiger partial charge < -0.3 is 15.4 Å². The molecule has 144 valence electrons. The minimum atomic E-state index is -4.77. The second kappa shape index (κ2) is 8.63. The summed E-state index contributed by atoms with van der Waals surface area (Å²) in [5.41, 5.74) is 4.57. The summed E-state index contributed by atoms with van der Waals surface area (Å²) in [6.07, 6.45) is -4.77. The van der Waals surface area contributed by atoms with Crippen molar-refractivity contribution in [2.24, 2.45) is 5.10 Å². The van der Waals surface area contributed by atoms with Crippen LogP contribution in [-0.4, -0.2) is 25.2 Å². The van der Waals surface area contributed by atoms with Crippen molar-refractivity contribution in [2.75, 3.05) is 17.7 Å². The number of hydrogen-bond acceptors (Lipinski definition) is 4. The number of rotatable bonds is 5. The molecule has 2 aromatic rings. The maximum atomic E-state index is 12.1. The summed E-state index contributed by atoms with van der Waals surface area (Å²) >= 11 is 5.98. The van der Waals surface area contributed by atoms with Crippen molar-refractivity contribution in [2.45, 2.75) is 13.3 Å². The average molecular weight is 401 g/mol. The third-order valence-corrected chi connectivity index (χ3v) is 3.55. The number of alkyl halides is 3. The first-order valence-corrected chi connectivity index (χ1v) is 8.00. The summed E-state index contributed by atoms with van der Waals surface area (Å²) in [5.74, 6) is -0.386. The second-order valence-electron chi connectivity index (χ2n) is 5.28. The highest BCUT2D eigenvalue weighted by molar-refractivity contribution is 6.31. The molecule has 0 bridgehead atoms. The molecule has 0 unspecified atom stereocenters. The maximum absolute atomic E-state index is 12.1. The zero-order valence-corrected chi connectivity index (χ0v) is 15.1. The van der Waals surface area contributed by atoms with Gasteiger partial charge in [0.25, 0.3) is 0 Å².